The molecule has 1 aromatic rings. The first-order valence-electron chi connectivity index (χ1n) is 7.06. The molecule has 0 heterocycles. The quantitative estimate of drug-likeness (QED) is 0.696. The molecule has 19 heavy (non-hydrogen) atoms. The van der Waals surface area contributed by atoms with Crippen LogP contribution in [0.25, 0.3) is 0 Å². The summed E-state index contributed by atoms with van der Waals surface area (Å²) in [6.45, 7) is 9.26. The molecule has 0 saturated heterocycles. The van der Waals surface area contributed by atoms with Gasteiger partial charge in [-0.2, -0.15) is 0 Å². The van der Waals surface area contributed by atoms with Gasteiger partial charge in [0.25, 0.3) is 0 Å². The van der Waals surface area contributed by atoms with Gasteiger partial charge in [0.2, 0.25) is 0 Å². The largest absolute Gasteiger partial charge is 0.376 e. The Labute approximate surface area is 117 Å². The van der Waals surface area contributed by atoms with Crippen LogP contribution in [-0.2, 0) is 16.1 Å². The van der Waals surface area contributed by atoms with Crippen LogP contribution >= 0.6 is 0 Å². The van der Waals surface area contributed by atoms with E-state index in [4.69, 9.17) is 9.47 Å². The SMILES string of the molecule is CNCC(C)c1ccc(COCCOC(C)C)cc1. The van der Waals surface area contributed by atoms with Crippen LogP contribution in [0.2, 0.25) is 0 Å². The molecule has 0 fully saturated rings. The summed E-state index contributed by atoms with van der Waals surface area (Å²) in [5.74, 6) is 0.541. The molecule has 0 radical (unpaired) electrons. The van der Waals surface area contributed by atoms with Crippen LogP contribution in [0.4, 0.5) is 0 Å². The van der Waals surface area contributed by atoms with Gasteiger partial charge in [-0.1, -0.05) is 31.2 Å². The third kappa shape index (κ3) is 6.71. The Hall–Kier alpha value is -0.900. The highest BCUT2D eigenvalue weighted by Gasteiger charge is 2.03. The fourth-order valence-corrected chi connectivity index (χ4v) is 1.90. The van der Waals surface area contributed by atoms with Crippen molar-refractivity contribution in [1.82, 2.24) is 5.32 Å². The second-order valence-electron chi connectivity index (χ2n) is 5.17. The third-order valence-electron chi connectivity index (χ3n) is 3.01. The van der Waals surface area contributed by atoms with Crippen molar-refractivity contribution >= 4 is 0 Å². The summed E-state index contributed by atoms with van der Waals surface area (Å²) in [4.78, 5) is 0. The molecule has 3 heteroatoms. The van der Waals surface area contributed by atoms with Crippen LogP contribution in [0.15, 0.2) is 24.3 Å². The van der Waals surface area contributed by atoms with E-state index in [1.165, 1.54) is 11.1 Å². The lowest BCUT2D eigenvalue weighted by molar-refractivity contribution is 0.0143. The highest BCUT2D eigenvalue weighted by molar-refractivity contribution is 5.24. The lowest BCUT2D eigenvalue weighted by atomic mass is 10.00. The third-order valence-corrected chi connectivity index (χ3v) is 3.01. The van der Waals surface area contributed by atoms with Crippen LogP contribution in [-0.4, -0.2) is 32.9 Å². The highest BCUT2D eigenvalue weighted by Crippen LogP contribution is 2.15. The molecule has 3 nitrogen and oxygen atoms in total. The minimum Gasteiger partial charge on any atom is -0.376 e. The molecule has 0 bridgehead atoms. The first kappa shape index (κ1) is 16.2. The van der Waals surface area contributed by atoms with Gasteiger partial charge < -0.3 is 14.8 Å². The summed E-state index contributed by atoms with van der Waals surface area (Å²) in [7, 11) is 1.98. The van der Waals surface area contributed by atoms with E-state index in [1.54, 1.807) is 0 Å². The van der Waals surface area contributed by atoms with Gasteiger partial charge in [-0.3, -0.25) is 0 Å². The number of ether oxygens (including phenoxy) is 2. The minimum atomic E-state index is 0.275. The Morgan fingerprint density at radius 3 is 2.32 bits per heavy atom. The number of likely N-dealkylation sites (N-methyl/N-ethyl adjacent to an activating group) is 1. The van der Waals surface area contributed by atoms with Crippen molar-refractivity contribution in [3.8, 4) is 0 Å². The maximum Gasteiger partial charge on any atom is 0.0718 e. The van der Waals surface area contributed by atoms with Crippen molar-refractivity contribution in [2.75, 3.05) is 26.8 Å². The fraction of sp³-hybridized carbons (Fsp3) is 0.625. The minimum absolute atomic E-state index is 0.275. The summed E-state index contributed by atoms with van der Waals surface area (Å²) < 4.78 is 11.0. The summed E-state index contributed by atoms with van der Waals surface area (Å²) in [6.07, 6.45) is 0.275. The number of nitrogens with one attached hydrogen (secondary N) is 1. The van der Waals surface area contributed by atoms with E-state index in [2.05, 4.69) is 36.5 Å². The van der Waals surface area contributed by atoms with Crippen LogP contribution in [0.1, 0.15) is 37.8 Å². The standard InChI is InChI=1S/C16H27NO2/c1-13(2)19-10-9-18-12-15-5-7-16(8-6-15)14(3)11-17-4/h5-8,13-14,17H,9-12H2,1-4H3. The Kier molecular flexibility index (Phi) is 7.72. The van der Waals surface area contributed by atoms with Gasteiger partial charge in [0.05, 0.1) is 25.9 Å². The average molecular weight is 265 g/mol. The summed E-state index contributed by atoms with van der Waals surface area (Å²) in [5, 5.41) is 3.20. The van der Waals surface area contributed by atoms with E-state index < -0.39 is 0 Å². The van der Waals surface area contributed by atoms with Crippen molar-refractivity contribution in [3.05, 3.63) is 35.4 Å². The number of hydrogen-bond acceptors (Lipinski definition) is 3. The number of hydrogen-bond donors (Lipinski definition) is 1. The number of benzene rings is 1. The molecule has 1 aromatic carbocycles. The summed E-state index contributed by atoms with van der Waals surface area (Å²) in [5.41, 5.74) is 2.58. The maximum absolute atomic E-state index is 5.58. The van der Waals surface area contributed by atoms with E-state index in [0.717, 1.165) is 6.54 Å². The van der Waals surface area contributed by atoms with E-state index in [1.807, 2.05) is 20.9 Å². The fourth-order valence-electron chi connectivity index (χ4n) is 1.90. The molecule has 0 aliphatic rings. The van der Waals surface area contributed by atoms with Gasteiger partial charge in [0, 0.05) is 6.54 Å². The molecule has 1 N–H and O–H groups in total. The molecule has 0 saturated carbocycles. The van der Waals surface area contributed by atoms with Crippen LogP contribution in [0, 0.1) is 0 Å². The zero-order valence-electron chi connectivity index (χ0n) is 12.6. The van der Waals surface area contributed by atoms with Crippen molar-refractivity contribution < 1.29 is 9.47 Å². The summed E-state index contributed by atoms with van der Waals surface area (Å²) in [6, 6.07) is 8.66. The first-order valence-corrected chi connectivity index (χ1v) is 7.06. The lowest BCUT2D eigenvalue weighted by Gasteiger charge is -2.12. The normalized spacial score (nSPS) is 12.9. The van der Waals surface area contributed by atoms with Crippen LogP contribution in [0.5, 0.6) is 0 Å². The van der Waals surface area contributed by atoms with Gasteiger partial charge >= 0.3 is 0 Å². The first-order chi connectivity index (χ1) is 9.13. The van der Waals surface area contributed by atoms with Crippen LogP contribution < -0.4 is 5.32 Å². The second kappa shape index (κ2) is 9.08. The van der Waals surface area contributed by atoms with Gasteiger partial charge in [0.15, 0.2) is 0 Å². The Morgan fingerprint density at radius 1 is 1.05 bits per heavy atom. The van der Waals surface area contributed by atoms with Crippen molar-refractivity contribution in [1.29, 1.82) is 0 Å². The van der Waals surface area contributed by atoms with E-state index >= 15 is 0 Å². The zero-order valence-corrected chi connectivity index (χ0v) is 12.6. The molecule has 0 amide bonds. The molecule has 0 aliphatic heterocycles. The molecular weight excluding hydrogens is 238 g/mol. The molecule has 0 aromatic heterocycles. The molecule has 108 valence electrons. The molecule has 1 unspecified atom stereocenters. The van der Waals surface area contributed by atoms with E-state index in [-0.39, 0.29) is 6.10 Å². The average Bonchev–Trinajstić information content (AvgIpc) is 2.39. The van der Waals surface area contributed by atoms with Gasteiger partial charge in [0.1, 0.15) is 0 Å². The van der Waals surface area contributed by atoms with E-state index in [9.17, 15) is 0 Å². The van der Waals surface area contributed by atoms with E-state index in [0.29, 0.717) is 25.7 Å². The van der Waals surface area contributed by atoms with Gasteiger partial charge in [-0.15, -0.1) is 0 Å². The predicted octanol–water partition coefficient (Wildman–Crippen LogP) is 2.95. The van der Waals surface area contributed by atoms with Crippen molar-refractivity contribution in [2.45, 2.75) is 39.4 Å². The smallest absolute Gasteiger partial charge is 0.0718 e. The molecule has 1 rings (SSSR count). The zero-order chi connectivity index (χ0) is 14.1. The molecular formula is C16H27NO2. The Morgan fingerprint density at radius 2 is 1.74 bits per heavy atom. The van der Waals surface area contributed by atoms with Crippen LogP contribution in [0.3, 0.4) is 0 Å². The predicted molar refractivity (Wildman–Crippen MR) is 79.5 cm³/mol. The lowest BCUT2D eigenvalue weighted by Crippen LogP contribution is -2.14. The molecule has 0 aliphatic carbocycles. The number of rotatable bonds is 9. The topological polar surface area (TPSA) is 30.5 Å². The Bertz CT molecular complexity index is 335. The summed E-state index contributed by atoms with van der Waals surface area (Å²) >= 11 is 0. The van der Waals surface area contributed by atoms with Gasteiger partial charge in [-0.25, -0.2) is 0 Å². The highest BCUT2D eigenvalue weighted by atomic mass is 16.5. The molecule has 1 atom stereocenters. The molecule has 0 spiro atoms. The maximum atomic E-state index is 5.58. The van der Waals surface area contributed by atoms with Gasteiger partial charge in [-0.05, 0) is 37.9 Å². The van der Waals surface area contributed by atoms with Crippen molar-refractivity contribution in [3.63, 3.8) is 0 Å². The Balaban J connectivity index is 2.28. The monoisotopic (exact) mass is 265 g/mol. The second-order valence-corrected chi connectivity index (χ2v) is 5.17. The van der Waals surface area contributed by atoms with Crippen molar-refractivity contribution in [2.24, 2.45) is 0 Å².